The summed E-state index contributed by atoms with van der Waals surface area (Å²) in [5.41, 5.74) is 4.15. The van der Waals surface area contributed by atoms with Crippen LogP contribution in [0.4, 0.5) is 0 Å². The van der Waals surface area contributed by atoms with Crippen LogP contribution >= 0.6 is 23.2 Å². The topological polar surface area (TPSA) is 38.0 Å². The summed E-state index contributed by atoms with van der Waals surface area (Å²) in [6, 6.07) is 6.09. The highest BCUT2D eigenvalue weighted by Gasteiger charge is 2.19. The summed E-state index contributed by atoms with van der Waals surface area (Å²) in [6.07, 6.45) is 5.65. The summed E-state index contributed by atoms with van der Waals surface area (Å²) in [5.74, 6) is 6.35. The summed E-state index contributed by atoms with van der Waals surface area (Å²) < 4.78 is 0. The van der Waals surface area contributed by atoms with Gasteiger partial charge in [0, 0.05) is 6.04 Å². The van der Waals surface area contributed by atoms with Crippen LogP contribution in [0, 0.1) is 5.92 Å². The van der Waals surface area contributed by atoms with E-state index >= 15 is 0 Å². The van der Waals surface area contributed by atoms with Crippen LogP contribution in [0.3, 0.4) is 0 Å². The van der Waals surface area contributed by atoms with Gasteiger partial charge in [-0.05, 0) is 42.9 Å². The normalized spacial score (nSPS) is 12.9. The van der Waals surface area contributed by atoms with Gasteiger partial charge in [0.05, 0.1) is 10.0 Å². The van der Waals surface area contributed by atoms with Gasteiger partial charge in [-0.15, -0.1) is 0 Å². The fourth-order valence-electron chi connectivity index (χ4n) is 2.57. The Morgan fingerprint density at radius 3 is 2.21 bits per heavy atom. The van der Waals surface area contributed by atoms with Crippen LogP contribution < -0.4 is 11.3 Å². The van der Waals surface area contributed by atoms with Crippen LogP contribution in [-0.4, -0.2) is 6.04 Å². The number of nitrogens with one attached hydrogen (secondary N) is 1. The molecule has 0 aliphatic carbocycles. The summed E-state index contributed by atoms with van der Waals surface area (Å²) in [7, 11) is 0. The third kappa shape index (κ3) is 5.31. The largest absolute Gasteiger partial charge is 0.271 e. The Bertz CT molecular complexity index is 376. The van der Waals surface area contributed by atoms with E-state index in [1.807, 2.05) is 18.2 Å². The molecule has 0 amide bonds. The molecular weight excluding hydrogens is 279 g/mol. The van der Waals surface area contributed by atoms with Crippen molar-refractivity contribution in [3.8, 4) is 0 Å². The molecule has 1 aromatic rings. The molecule has 0 spiro atoms. The van der Waals surface area contributed by atoms with Crippen LogP contribution in [0.25, 0.3) is 0 Å². The van der Waals surface area contributed by atoms with Gasteiger partial charge < -0.3 is 0 Å². The third-order valence-corrected chi connectivity index (χ3v) is 4.28. The van der Waals surface area contributed by atoms with E-state index in [4.69, 9.17) is 29.0 Å². The lowest BCUT2D eigenvalue weighted by molar-refractivity contribution is 0.311. The second-order valence-electron chi connectivity index (χ2n) is 5.06. The molecule has 1 unspecified atom stereocenters. The Morgan fingerprint density at radius 1 is 1.11 bits per heavy atom. The molecule has 0 heterocycles. The van der Waals surface area contributed by atoms with Gasteiger partial charge in [0.1, 0.15) is 0 Å². The molecule has 2 nitrogen and oxygen atoms in total. The highest BCUT2D eigenvalue weighted by molar-refractivity contribution is 6.42. The van der Waals surface area contributed by atoms with Crippen LogP contribution in [0.2, 0.25) is 10.0 Å². The van der Waals surface area contributed by atoms with Gasteiger partial charge in [-0.2, -0.15) is 0 Å². The van der Waals surface area contributed by atoms with Crippen molar-refractivity contribution in [2.75, 3.05) is 0 Å². The molecule has 0 bridgehead atoms. The predicted molar refractivity (Wildman–Crippen MR) is 84.6 cm³/mol. The molecule has 3 N–H and O–H groups in total. The van der Waals surface area contributed by atoms with E-state index in [0.29, 0.717) is 16.0 Å². The molecule has 19 heavy (non-hydrogen) atoms. The van der Waals surface area contributed by atoms with Crippen molar-refractivity contribution in [2.24, 2.45) is 11.8 Å². The number of hydrogen-bond donors (Lipinski definition) is 2. The summed E-state index contributed by atoms with van der Waals surface area (Å²) in [6.45, 7) is 4.44. The standard InChI is InChI=1S/C15H24Cl2N2/c1-3-5-12(6-4-2)15(19-18)10-11-7-8-13(16)14(17)9-11/h7-9,12,15,19H,3-6,10,18H2,1-2H3. The van der Waals surface area contributed by atoms with Crippen molar-refractivity contribution in [1.82, 2.24) is 5.43 Å². The maximum atomic E-state index is 6.06. The quantitative estimate of drug-likeness (QED) is 0.545. The van der Waals surface area contributed by atoms with E-state index in [9.17, 15) is 0 Å². The van der Waals surface area contributed by atoms with Gasteiger partial charge in [0.15, 0.2) is 0 Å². The lowest BCUT2D eigenvalue weighted by atomic mass is 9.87. The molecule has 0 fully saturated rings. The molecule has 0 saturated heterocycles. The second kappa shape index (κ2) is 8.80. The molecule has 1 atom stereocenters. The van der Waals surface area contributed by atoms with Gasteiger partial charge in [-0.25, -0.2) is 0 Å². The number of benzene rings is 1. The molecule has 0 radical (unpaired) electrons. The first-order valence-corrected chi connectivity index (χ1v) is 7.78. The van der Waals surface area contributed by atoms with Crippen LogP contribution in [-0.2, 0) is 6.42 Å². The monoisotopic (exact) mass is 302 g/mol. The summed E-state index contributed by atoms with van der Waals surface area (Å²) >= 11 is 12.0. The van der Waals surface area contributed by atoms with Crippen molar-refractivity contribution >= 4 is 23.2 Å². The lowest BCUT2D eigenvalue weighted by Crippen LogP contribution is -2.42. The summed E-state index contributed by atoms with van der Waals surface area (Å²) in [4.78, 5) is 0. The van der Waals surface area contributed by atoms with E-state index < -0.39 is 0 Å². The zero-order valence-corrected chi connectivity index (χ0v) is 13.3. The molecule has 1 aromatic carbocycles. The smallest absolute Gasteiger partial charge is 0.0595 e. The first kappa shape index (κ1) is 16.8. The van der Waals surface area contributed by atoms with Gasteiger partial charge in [-0.3, -0.25) is 11.3 Å². The Hall–Kier alpha value is -0.280. The fraction of sp³-hybridized carbons (Fsp3) is 0.600. The first-order valence-electron chi connectivity index (χ1n) is 7.02. The van der Waals surface area contributed by atoms with E-state index in [-0.39, 0.29) is 6.04 Å². The maximum absolute atomic E-state index is 6.06. The Balaban J connectivity index is 2.75. The molecule has 0 aliphatic rings. The van der Waals surface area contributed by atoms with Crippen LogP contribution in [0.1, 0.15) is 45.1 Å². The minimum Gasteiger partial charge on any atom is -0.271 e. The Labute approximate surface area is 126 Å². The van der Waals surface area contributed by atoms with Gasteiger partial charge >= 0.3 is 0 Å². The second-order valence-corrected chi connectivity index (χ2v) is 5.88. The van der Waals surface area contributed by atoms with Gasteiger partial charge in [0.25, 0.3) is 0 Å². The number of hydrogen-bond acceptors (Lipinski definition) is 2. The highest BCUT2D eigenvalue weighted by Crippen LogP contribution is 2.25. The summed E-state index contributed by atoms with van der Waals surface area (Å²) in [5, 5.41) is 1.21. The molecule has 0 aliphatic heterocycles. The van der Waals surface area contributed by atoms with Crippen molar-refractivity contribution in [3.05, 3.63) is 33.8 Å². The predicted octanol–water partition coefficient (Wildman–Crippen LogP) is 4.58. The first-order chi connectivity index (χ1) is 9.12. The fourth-order valence-corrected chi connectivity index (χ4v) is 2.89. The van der Waals surface area contributed by atoms with E-state index in [0.717, 1.165) is 6.42 Å². The molecule has 0 saturated carbocycles. The van der Waals surface area contributed by atoms with E-state index in [2.05, 4.69) is 19.3 Å². The van der Waals surface area contributed by atoms with Crippen molar-refractivity contribution in [3.63, 3.8) is 0 Å². The van der Waals surface area contributed by atoms with Crippen LogP contribution in [0.15, 0.2) is 18.2 Å². The maximum Gasteiger partial charge on any atom is 0.0595 e. The molecule has 0 aromatic heterocycles. The average molecular weight is 303 g/mol. The number of halogens is 2. The van der Waals surface area contributed by atoms with E-state index in [1.54, 1.807) is 0 Å². The number of hydrazine groups is 1. The Kier molecular flexibility index (Phi) is 7.77. The lowest BCUT2D eigenvalue weighted by Gasteiger charge is -2.26. The third-order valence-electron chi connectivity index (χ3n) is 3.54. The highest BCUT2D eigenvalue weighted by atomic mass is 35.5. The van der Waals surface area contributed by atoms with E-state index in [1.165, 1.54) is 31.2 Å². The molecule has 108 valence electrons. The van der Waals surface area contributed by atoms with Crippen molar-refractivity contribution in [2.45, 2.75) is 52.0 Å². The van der Waals surface area contributed by atoms with Gasteiger partial charge in [-0.1, -0.05) is 56.0 Å². The minimum absolute atomic E-state index is 0.289. The van der Waals surface area contributed by atoms with Crippen molar-refractivity contribution in [1.29, 1.82) is 0 Å². The SMILES string of the molecule is CCCC(CCC)C(Cc1ccc(Cl)c(Cl)c1)NN. The zero-order valence-electron chi connectivity index (χ0n) is 11.8. The zero-order chi connectivity index (χ0) is 14.3. The Morgan fingerprint density at radius 2 is 1.74 bits per heavy atom. The van der Waals surface area contributed by atoms with Crippen LogP contribution in [0.5, 0.6) is 0 Å². The number of nitrogens with two attached hydrogens (primary N) is 1. The van der Waals surface area contributed by atoms with Gasteiger partial charge in [0.2, 0.25) is 0 Å². The molecule has 4 heteroatoms. The number of rotatable bonds is 8. The minimum atomic E-state index is 0.289. The molecule has 1 rings (SSSR count). The average Bonchev–Trinajstić information content (AvgIpc) is 2.40. The van der Waals surface area contributed by atoms with Crippen molar-refractivity contribution < 1.29 is 0 Å². The molecular formula is C15H24Cl2N2.